The molecule has 1 aliphatic heterocycles. The Labute approximate surface area is 160 Å². The van der Waals surface area contributed by atoms with Crippen LogP contribution in [0.4, 0.5) is 0 Å². The SMILES string of the molecule is COc1ccc2cc(CNC3=NCCN3CC3CC3)ccc2c1.I. The summed E-state index contributed by atoms with van der Waals surface area (Å²) in [4.78, 5) is 7.02. The Balaban J connectivity index is 0.00000169. The van der Waals surface area contributed by atoms with Gasteiger partial charge in [0.15, 0.2) is 5.96 Å². The monoisotopic (exact) mass is 437 g/mol. The predicted molar refractivity (Wildman–Crippen MR) is 109 cm³/mol. The molecule has 1 aliphatic carbocycles. The zero-order valence-electron chi connectivity index (χ0n) is 14.0. The van der Waals surface area contributed by atoms with Crippen molar-refractivity contribution in [3.8, 4) is 5.75 Å². The number of benzene rings is 2. The molecule has 0 atom stereocenters. The van der Waals surface area contributed by atoms with E-state index in [2.05, 4.69) is 45.5 Å². The predicted octanol–water partition coefficient (Wildman–Crippen LogP) is 3.64. The van der Waals surface area contributed by atoms with Crippen LogP contribution in [0.2, 0.25) is 0 Å². The Morgan fingerprint density at radius 1 is 1.17 bits per heavy atom. The molecule has 1 N–H and O–H groups in total. The average molecular weight is 437 g/mol. The maximum atomic E-state index is 5.28. The smallest absolute Gasteiger partial charge is 0.194 e. The highest BCUT2D eigenvalue weighted by Gasteiger charge is 2.27. The van der Waals surface area contributed by atoms with Gasteiger partial charge in [-0.05, 0) is 53.3 Å². The van der Waals surface area contributed by atoms with Crippen molar-refractivity contribution in [3.05, 3.63) is 42.0 Å². The quantitative estimate of drug-likeness (QED) is 0.726. The van der Waals surface area contributed by atoms with E-state index in [9.17, 15) is 0 Å². The van der Waals surface area contributed by atoms with E-state index in [1.54, 1.807) is 7.11 Å². The van der Waals surface area contributed by atoms with Gasteiger partial charge < -0.3 is 15.0 Å². The number of ether oxygens (including phenoxy) is 1. The first-order valence-corrected chi connectivity index (χ1v) is 8.42. The molecule has 0 bridgehead atoms. The molecule has 5 heteroatoms. The second-order valence-electron chi connectivity index (χ2n) is 6.50. The summed E-state index contributed by atoms with van der Waals surface area (Å²) in [6.07, 6.45) is 2.77. The fourth-order valence-electron chi connectivity index (χ4n) is 3.13. The Morgan fingerprint density at radius 2 is 1.96 bits per heavy atom. The van der Waals surface area contributed by atoms with Crippen molar-refractivity contribution in [1.82, 2.24) is 10.2 Å². The van der Waals surface area contributed by atoms with Crippen molar-refractivity contribution in [3.63, 3.8) is 0 Å². The third-order valence-corrected chi connectivity index (χ3v) is 4.67. The third kappa shape index (κ3) is 3.94. The van der Waals surface area contributed by atoms with Crippen LogP contribution in [0.15, 0.2) is 41.4 Å². The molecule has 0 saturated heterocycles. The van der Waals surface area contributed by atoms with Gasteiger partial charge in [0, 0.05) is 19.6 Å². The second-order valence-corrected chi connectivity index (χ2v) is 6.50. The normalized spacial score (nSPS) is 16.7. The van der Waals surface area contributed by atoms with Crippen LogP contribution in [0.5, 0.6) is 5.75 Å². The van der Waals surface area contributed by atoms with Crippen LogP contribution in [0.3, 0.4) is 0 Å². The van der Waals surface area contributed by atoms with E-state index < -0.39 is 0 Å². The van der Waals surface area contributed by atoms with E-state index in [0.717, 1.165) is 37.3 Å². The second kappa shape index (κ2) is 7.59. The van der Waals surface area contributed by atoms with Crippen molar-refractivity contribution >= 4 is 40.7 Å². The lowest BCUT2D eigenvalue weighted by atomic mass is 10.1. The van der Waals surface area contributed by atoms with Crippen LogP contribution in [0, 0.1) is 5.92 Å². The van der Waals surface area contributed by atoms with E-state index in [1.165, 1.54) is 35.7 Å². The summed E-state index contributed by atoms with van der Waals surface area (Å²) in [5.74, 6) is 2.88. The van der Waals surface area contributed by atoms with Crippen LogP contribution in [0.25, 0.3) is 10.8 Å². The number of rotatable bonds is 5. The molecule has 0 radical (unpaired) electrons. The zero-order chi connectivity index (χ0) is 15.6. The fourth-order valence-corrected chi connectivity index (χ4v) is 3.13. The molecule has 4 rings (SSSR count). The van der Waals surface area contributed by atoms with Crippen LogP contribution >= 0.6 is 24.0 Å². The number of nitrogens with one attached hydrogen (secondary N) is 1. The van der Waals surface area contributed by atoms with Gasteiger partial charge in [-0.15, -0.1) is 24.0 Å². The molecule has 1 heterocycles. The lowest BCUT2D eigenvalue weighted by Gasteiger charge is -2.21. The number of methoxy groups -OCH3 is 1. The maximum Gasteiger partial charge on any atom is 0.194 e. The summed E-state index contributed by atoms with van der Waals surface area (Å²) in [7, 11) is 1.70. The summed E-state index contributed by atoms with van der Waals surface area (Å²) in [5, 5.41) is 5.97. The van der Waals surface area contributed by atoms with Gasteiger partial charge in [0.05, 0.1) is 13.7 Å². The zero-order valence-corrected chi connectivity index (χ0v) is 16.3. The number of halogens is 1. The van der Waals surface area contributed by atoms with Crippen molar-refractivity contribution in [1.29, 1.82) is 0 Å². The molecule has 4 nitrogen and oxygen atoms in total. The minimum absolute atomic E-state index is 0. The molecule has 0 spiro atoms. The van der Waals surface area contributed by atoms with Gasteiger partial charge in [0.2, 0.25) is 0 Å². The highest BCUT2D eigenvalue weighted by Crippen LogP contribution is 2.30. The Morgan fingerprint density at radius 3 is 2.75 bits per heavy atom. The number of nitrogens with zero attached hydrogens (tertiary/aromatic N) is 2. The first kappa shape index (κ1) is 17.3. The van der Waals surface area contributed by atoms with E-state index >= 15 is 0 Å². The lowest BCUT2D eigenvalue weighted by Crippen LogP contribution is -2.39. The summed E-state index contributed by atoms with van der Waals surface area (Å²) in [5.41, 5.74) is 1.28. The maximum absolute atomic E-state index is 5.28. The van der Waals surface area contributed by atoms with Crippen LogP contribution in [-0.2, 0) is 6.54 Å². The summed E-state index contributed by atoms with van der Waals surface area (Å²) >= 11 is 0. The average Bonchev–Trinajstić information content (AvgIpc) is 3.29. The molecular formula is C19H24IN3O. The molecule has 1 fully saturated rings. The molecule has 2 aromatic rings. The summed E-state index contributed by atoms with van der Waals surface area (Å²) in [6, 6.07) is 12.8. The van der Waals surface area contributed by atoms with Gasteiger partial charge in [-0.25, -0.2) is 0 Å². The number of fused-ring (bicyclic) bond motifs is 1. The Bertz CT molecular complexity index is 742. The van der Waals surface area contributed by atoms with E-state index in [1.807, 2.05) is 6.07 Å². The van der Waals surface area contributed by atoms with Crippen molar-refractivity contribution in [2.45, 2.75) is 19.4 Å². The molecule has 0 aromatic heterocycles. The highest BCUT2D eigenvalue weighted by molar-refractivity contribution is 14.0. The summed E-state index contributed by atoms with van der Waals surface area (Å²) < 4.78 is 5.28. The molecule has 0 amide bonds. The topological polar surface area (TPSA) is 36.9 Å². The van der Waals surface area contributed by atoms with Crippen LogP contribution in [-0.4, -0.2) is 37.6 Å². The molecule has 24 heavy (non-hydrogen) atoms. The molecule has 128 valence electrons. The van der Waals surface area contributed by atoms with Crippen molar-refractivity contribution in [2.24, 2.45) is 10.9 Å². The number of hydrogen-bond donors (Lipinski definition) is 1. The number of hydrogen-bond acceptors (Lipinski definition) is 4. The molecule has 2 aliphatic rings. The molecule has 0 unspecified atom stereocenters. The Kier molecular flexibility index (Phi) is 5.48. The van der Waals surface area contributed by atoms with Gasteiger partial charge in [-0.3, -0.25) is 4.99 Å². The first-order valence-electron chi connectivity index (χ1n) is 8.42. The minimum atomic E-state index is 0. The minimum Gasteiger partial charge on any atom is -0.497 e. The van der Waals surface area contributed by atoms with Crippen LogP contribution < -0.4 is 10.1 Å². The Hall–Kier alpha value is -1.50. The first-order chi connectivity index (χ1) is 11.3. The van der Waals surface area contributed by atoms with Gasteiger partial charge in [-0.1, -0.05) is 18.2 Å². The fraction of sp³-hybridized carbons (Fsp3) is 0.421. The lowest BCUT2D eigenvalue weighted by molar-refractivity contribution is 0.415. The largest absolute Gasteiger partial charge is 0.497 e. The van der Waals surface area contributed by atoms with Gasteiger partial charge in [0.1, 0.15) is 5.75 Å². The van der Waals surface area contributed by atoms with E-state index in [-0.39, 0.29) is 24.0 Å². The van der Waals surface area contributed by atoms with Crippen molar-refractivity contribution < 1.29 is 4.74 Å². The third-order valence-electron chi connectivity index (χ3n) is 4.67. The van der Waals surface area contributed by atoms with Crippen LogP contribution in [0.1, 0.15) is 18.4 Å². The molecule has 1 saturated carbocycles. The van der Waals surface area contributed by atoms with Gasteiger partial charge in [-0.2, -0.15) is 0 Å². The number of guanidine groups is 1. The molecule has 2 aromatic carbocycles. The standard InChI is InChI=1S/C19H23N3O.HI/c1-23-18-7-6-16-10-15(4-5-17(16)11-18)12-21-19-20-8-9-22(19)13-14-2-3-14;/h4-7,10-11,14H,2-3,8-9,12-13H2,1H3,(H,20,21);1H. The highest BCUT2D eigenvalue weighted by atomic mass is 127. The van der Waals surface area contributed by atoms with Gasteiger partial charge >= 0.3 is 0 Å². The number of aliphatic imine (C=N–C) groups is 1. The van der Waals surface area contributed by atoms with Crippen molar-refractivity contribution in [2.75, 3.05) is 26.7 Å². The van der Waals surface area contributed by atoms with E-state index in [0.29, 0.717) is 0 Å². The summed E-state index contributed by atoms with van der Waals surface area (Å²) in [6.45, 7) is 3.98. The molecular weight excluding hydrogens is 413 g/mol. The van der Waals surface area contributed by atoms with E-state index in [4.69, 9.17) is 4.74 Å². The van der Waals surface area contributed by atoms with Gasteiger partial charge in [0.25, 0.3) is 0 Å².